The number of hydrogen-bond donors (Lipinski definition) is 0. The topological polar surface area (TPSA) is 9.72 Å². The maximum absolute atomic E-state index is 5.42. The number of rotatable bonds is 0. The predicted octanol–water partition coefficient (Wildman–Crippen LogP) is 2.12. The Kier molecular flexibility index (Phi) is 7.15. The Balaban J connectivity index is 2.41. The quantitative estimate of drug-likeness (QED) is 0.613. The number of hydrogen-bond acceptors (Lipinski definition) is 5. The van der Waals surface area contributed by atoms with Gasteiger partial charge in [-0.15, -0.1) is 11.8 Å². The highest BCUT2D eigenvalue weighted by molar-refractivity contribution is 8.37. The lowest BCUT2D eigenvalue weighted by atomic mass is 10.4. The normalized spacial score (nSPS) is 15.5. The van der Waals surface area contributed by atoms with Crippen LogP contribution in [0.25, 0.3) is 0 Å². The van der Waals surface area contributed by atoms with Gasteiger partial charge in [0.05, 0.1) is 0 Å². The summed E-state index contributed by atoms with van der Waals surface area (Å²) in [6.07, 6.45) is 2.02. The number of thioether (sulfide) groups is 2. The summed E-state index contributed by atoms with van der Waals surface area (Å²) in [6.45, 7) is 3.72. The molecule has 0 aromatic rings. The van der Waals surface area contributed by atoms with Gasteiger partial charge in [0.2, 0.25) is 0 Å². The molecule has 0 aromatic carbocycles. The summed E-state index contributed by atoms with van der Waals surface area (Å²) in [5.74, 6) is 0. The van der Waals surface area contributed by atoms with Gasteiger partial charge in [0.15, 0.2) is 0 Å². The number of thiocarbonyl (C=S) groups is 3. The minimum atomic E-state index is 0.807. The van der Waals surface area contributed by atoms with Gasteiger partial charge in [-0.05, 0) is 18.0 Å². The van der Waals surface area contributed by atoms with Crippen molar-refractivity contribution in [2.45, 2.75) is 0 Å². The lowest BCUT2D eigenvalue weighted by molar-refractivity contribution is 0.271. The van der Waals surface area contributed by atoms with E-state index >= 15 is 0 Å². The van der Waals surface area contributed by atoms with Gasteiger partial charge in [-0.2, -0.15) is 0 Å². The molecule has 102 valence electrons. The predicted molar refractivity (Wildman–Crippen MR) is 95.7 cm³/mol. The Morgan fingerprint density at radius 3 is 1.78 bits per heavy atom. The summed E-state index contributed by atoms with van der Waals surface area (Å²) in [6, 6.07) is 0. The van der Waals surface area contributed by atoms with Crippen molar-refractivity contribution < 1.29 is 0 Å². The summed E-state index contributed by atoms with van der Waals surface area (Å²) < 4.78 is 2.64. The van der Waals surface area contributed by atoms with Gasteiger partial charge in [-0.3, -0.25) is 0 Å². The molecule has 0 aliphatic carbocycles. The first-order valence-corrected chi connectivity index (χ1v) is 8.73. The fraction of sp³-hybridized carbons (Fsp3) is 0.700. The van der Waals surface area contributed by atoms with Gasteiger partial charge < -0.3 is 14.7 Å². The second kappa shape index (κ2) is 7.84. The molecule has 1 heterocycles. The molecule has 1 saturated heterocycles. The molecule has 0 atom stereocenters. The van der Waals surface area contributed by atoms with Gasteiger partial charge in [0.25, 0.3) is 0 Å². The monoisotopic (exact) mass is 339 g/mol. The van der Waals surface area contributed by atoms with Crippen molar-refractivity contribution in [1.82, 2.24) is 14.7 Å². The van der Waals surface area contributed by atoms with Crippen LogP contribution in [0, 0.1) is 0 Å². The molecule has 0 bridgehead atoms. The highest BCUT2D eigenvalue weighted by atomic mass is 32.2. The highest BCUT2D eigenvalue weighted by Crippen LogP contribution is 2.17. The Morgan fingerprint density at radius 2 is 1.39 bits per heavy atom. The lowest BCUT2D eigenvalue weighted by Gasteiger charge is -2.36. The largest absolute Gasteiger partial charge is 0.363 e. The molecule has 0 radical (unpaired) electrons. The van der Waals surface area contributed by atoms with Crippen molar-refractivity contribution in [1.29, 1.82) is 0 Å². The van der Waals surface area contributed by atoms with E-state index in [0.29, 0.717) is 0 Å². The molecule has 1 fully saturated rings. The van der Waals surface area contributed by atoms with Crippen LogP contribution in [0.3, 0.4) is 0 Å². The van der Waals surface area contributed by atoms with Crippen LogP contribution in [-0.4, -0.2) is 74.2 Å². The van der Waals surface area contributed by atoms with Gasteiger partial charge in [0, 0.05) is 40.3 Å². The van der Waals surface area contributed by atoms with E-state index in [-0.39, 0.29) is 0 Å². The van der Waals surface area contributed by atoms with E-state index in [1.165, 1.54) is 11.8 Å². The van der Waals surface area contributed by atoms with E-state index < -0.39 is 0 Å². The second-order valence-electron chi connectivity index (χ2n) is 3.97. The van der Waals surface area contributed by atoms with Gasteiger partial charge in [0.1, 0.15) is 13.0 Å². The zero-order valence-corrected chi connectivity index (χ0v) is 14.8. The average Bonchev–Trinajstić information content (AvgIpc) is 2.37. The van der Waals surface area contributed by atoms with Gasteiger partial charge in [-0.25, -0.2) is 0 Å². The summed E-state index contributed by atoms with van der Waals surface area (Å²) in [5, 5.41) is 0. The summed E-state index contributed by atoms with van der Waals surface area (Å²) in [7, 11) is 3.87. The third-order valence-electron chi connectivity index (χ3n) is 2.51. The molecule has 18 heavy (non-hydrogen) atoms. The molecule has 8 heteroatoms. The SMILES string of the molecule is CSC(=S)N1CCN(C(=S)SC(=S)N(C)C)CC1. The Labute approximate surface area is 134 Å². The Hall–Kier alpha value is 0.370. The maximum atomic E-state index is 5.42. The van der Waals surface area contributed by atoms with E-state index in [4.69, 9.17) is 36.7 Å². The Bertz CT molecular complexity index is 336. The first-order chi connectivity index (χ1) is 8.45. The molecular weight excluding hydrogens is 322 g/mol. The standard InChI is InChI=1S/C10H17N3S5/c1-11(2)8(14)18-10(16)13-6-4-12(5-7-13)9(15)17-3/h4-7H2,1-3H3. The molecule has 0 unspecified atom stereocenters. The first kappa shape index (κ1) is 16.4. The van der Waals surface area contributed by atoms with Crippen LogP contribution in [0.1, 0.15) is 0 Å². The first-order valence-electron chi connectivity index (χ1n) is 5.46. The summed E-state index contributed by atoms with van der Waals surface area (Å²) in [4.78, 5) is 6.34. The fourth-order valence-corrected chi connectivity index (χ4v) is 3.51. The number of nitrogens with zero attached hydrogens (tertiary/aromatic N) is 3. The van der Waals surface area contributed by atoms with Crippen LogP contribution >= 0.6 is 60.2 Å². The smallest absolute Gasteiger partial charge is 0.143 e. The van der Waals surface area contributed by atoms with Crippen LogP contribution in [0.2, 0.25) is 0 Å². The van der Waals surface area contributed by atoms with E-state index in [1.54, 1.807) is 11.8 Å². The molecule has 0 spiro atoms. The molecule has 1 aliphatic heterocycles. The fourth-order valence-electron chi connectivity index (χ4n) is 1.43. The summed E-state index contributed by atoms with van der Waals surface area (Å²) in [5.41, 5.74) is 0. The average molecular weight is 340 g/mol. The van der Waals surface area contributed by atoms with E-state index in [2.05, 4.69) is 9.80 Å². The van der Waals surface area contributed by atoms with Crippen LogP contribution in [0.5, 0.6) is 0 Å². The van der Waals surface area contributed by atoms with E-state index in [0.717, 1.165) is 39.1 Å². The van der Waals surface area contributed by atoms with E-state index in [9.17, 15) is 0 Å². The van der Waals surface area contributed by atoms with Gasteiger partial charge >= 0.3 is 0 Å². The molecule has 0 amide bonds. The van der Waals surface area contributed by atoms with Gasteiger partial charge in [-0.1, -0.05) is 36.7 Å². The van der Waals surface area contributed by atoms with Crippen LogP contribution < -0.4 is 0 Å². The molecule has 0 saturated carbocycles. The second-order valence-corrected chi connectivity index (χ2v) is 7.68. The minimum Gasteiger partial charge on any atom is -0.363 e. The van der Waals surface area contributed by atoms with Crippen LogP contribution in [0.4, 0.5) is 0 Å². The molecule has 1 aliphatic rings. The molecule has 0 N–H and O–H groups in total. The van der Waals surface area contributed by atoms with Crippen LogP contribution in [0.15, 0.2) is 0 Å². The van der Waals surface area contributed by atoms with Crippen molar-refractivity contribution in [3.63, 3.8) is 0 Å². The van der Waals surface area contributed by atoms with Crippen molar-refractivity contribution >= 4 is 73.1 Å². The van der Waals surface area contributed by atoms with Crippen LogP contribution in [-0.2, 0) is 0 Å². The highest BCUT2D eigenvalue weighted by Gasteiger charge is 2.21. The zero-order valence-electron chi connectivity index (χ0n) is 10.7. The zero-order chi connectivity index (χ0) is 13.7. The minimum absolute atomic E-state index is 0.807. The summed E-state index contributed by atoms with van der Waals surface area (Å²) >= 11 is 19.1. The number of piperazine rings is 1. The molecule has 1 rings (SSSR count). The molecule has 0 aromatic heterocycles. The Morgan fingerprint density at radius 1 is 0.944 bits per heavy atom. The third kappa shape index (κ3) is 4.80. The maximum Gasteiger partial charge on any atom is 0.143 e. The van der Waals surface area contributed by atoms with Crippen molar-refractivity contribution in [2.24, 2.45) is 0 Å². The van der Waals surface area contributed by atoms with Crippen molar-refractivity contribution in [2.75, 3.05) is 46.5 Å². The van der Waals surface area contributed by atoms with E-state index in [1.807, 2.05) is 25.3 Å². The lowest BCUT2D eigenvalue weighted by Crippen LogP contribution is -2.48. The van der Waals surface area contributed by atoms with Crippen molar-refractivity contribution in [3.05, 3.63) is 0 Å². The molecule has 3 nitrogen and oxygen atoms in total. The third-order valence-corrected chi connectivity index (χ3v) is 5.97. The molecular formula is C10H17N3S5. The van der Waals surface area contributed by atoms with Crippen molar-refractivity contribution in [3.8, 4) is 0 Å².